The van der Waals surface area contributed by atoms with Crippen LogP contribution in [0.15, 0.2) is 77.9 Å². The number of carbonyl (C=O) groups excluding carboxylic acids is 1. The van der Waals surface area contributed by atoms with Crippen LogP contribution >= 0.6 is 11.6 Å². The molecule has 0 spiro atoms. The lowest BCUT2D eigenvalue weighted by Crippen LogP contribution is -2.29. The fourth-order valence-electron chi connectivity index (χ4n) is 2.99. The van der Waals surface area contributed by atoms with Gasteiger partial charge in [0.05, 0.1) is 30.3 Å². The van der Waals surface area contributed by atoms with Gasteiger partial charge in [0.2, 0.25) is 10.0 Å². The van der Waals surface area contributed by atoms with E-state index in [4.69, 9.17) is 11.6 Å². The van der Waals surface area contributed by atoms with E-state index >= 15 is 0 Å². The minimum atomic E-state index is -4.49. The summed E-state index contributed by atoms with van der Waals surface area (Å²) in [6.45, 7) is 0.00529. The van der Waals surface area contributed by atoms with E-state index in [1.165, 1.54) is 36.4 Å². The van der Waals surface area contributed by atoms with Crippen LogP contribution < -0.4 is 9.73 Å². The summed E-state index contributed by atoms with van der Waals surface area (Å²) < 4.78 is 64.2. The zero-order chi connectivity index (χ0) is 24.9. The minimum Gasteiger partial charge on any atom is -0.267 e. The summed E-state index contributed by atoms with van der Waals surface area (Å²) in [5.74, 6) is -0.619. The Bertz CT molecular complexity index is 1310. The van der Waals surface area contributed by atoms with Crippen molar-refractivity contribution in [2.24, 2.45) is 5.10 Å². The Morgan fingerprint density at radius 2 is 1.74 bits per heavy atom. The molecule has 11 heteroatoms. The highest BCUT2D eigenvalue weighted by Crippen LogP contribution is 2.29. The molecule has 3 aromatic carbocycles. The van der Waals surface area contributed by atoms with Gasteiger partial charge in [0.15, 0.2) is 0 Å². The van der Waals surface area contributed by atoms with E-state index in [0.29, 0.717) is 16.3 Å². The average molecular weight is 510 g/mol. The fraction of sp³-hybridized carbons (Fsp3) is 0.130. The number of sulfonamides is 1. The maximum absolute atomic E-state index is 12.8. The molecule has 0 radical (unpaired) electrons. The second-order valence-electron chi connectivity index (χ2n) is 7.23. The Morgan fingerprint density at radius 1 is 1.06 bits per heavy atom. The number of hydrazone groups is 1. The van der Waals surface area contributed by atoms with Crippen LogP contribution in [0.5, 0.6) is 0 Å². The predicted molar refractivity (Wildman–Crippen MR) is 125 cm³/mol. The van der Waals surface area contributed by atoms with Crippen LogP contribution in [0.1, 0.15) is 27.0 Å². The van der Waals surface area contributed by atoms with E-state index in [-0.39, 0.29) is 17.7 Å². The van der Waals surface area contributed by atoms with Crippen LogP contribution in [0.4, 0.5) is 18.9 Å². The molecule has 1 amide bonds. The number of alkyl halides is 3. The van der Waals surface area contributed by atoms with Crippen molar-refractivity contribution in [3.05, 3.63) is 100 Å². The number of nitrogens with one attached hydrogen (secondary N) is 1. The number of benzene rings is 3. The lowest BCUT2D eigenvalue weighted by Gasteiger charge is -2.23. The average Bonchev–Trinajstić information content (AvgIpc) is 2.77. The summed E-state index contributed by atoms with van der Waals surface area (Å²) in [6, 6.07) is 17.1. The summed E-state index contributed by atoms with van der Waals surface area (Å²) in [7, 11) is -3.65. The summed E-state index contributed by atoms with van der Waals surface area (Å²) in [4.78, 5) is 12.3. The molecule has 0 unspecified atom stereocenters. The third-order valence-electron chi connectivity index (χ3n) is 4.68. The van der Waals surface area contributed by atoms with Crippen LogP contribution in [0.25, 0.3) is 0 Å². The van der Waals surface area contributed by atoms with Crippen molar-refractivity contribution in [1.82, 2.24) is 5.43 Å². The number of hydrogen-bond donors (Lipinski definition) is 1. The molecule has 0 bridgehead atoms. The van der Waals surface area contributed by atoms with E-state index in [1.54, 1.807) is 24.3 Å². The first kappa shape index (κ1) is 25.3. The third-order valence-corrected chi connectivity index (χ3v) is 6.19. The molecule has 6 nitrogen and oxygen atoms in total. The molecule has 3 aromatic rings. The monoisotopic (exact) mass is 509 g/mol. The zero-order valence-electron chi connectivity index (χ0n) is 17.8. The van der Waals surface area contributed by atoms with Gasteiger partial charge in [-0.05, 0) is 53.6 Å². The molecule has 0 aliphatic rings. The summed E-state index contributed by atoms with van der Waals surface area (Å²) >= 11 is 6.15. The molecule has 0 aromatic heterocycles. The van der Waals surface area contributed by atoms with Crippen LogP contribution in [0.3, 0.4) is 0 Å². The lowest BCUT2D eigenvalue weighted by atomic mass is 10.1. The molecule has 3 rings (SSSR count). The lowest BCUT2D eigenvalue weighted by molar-refractivity contribution is -0.137. The van der Waals surface area contributed by atoms with Crippen LogP contribution in [0, 0.1) is 0 Å². The van der Waals surface area contributed by atoms with Gasteiger partial charge in [0.1, 0.15) is 0 Å². The smallest absolute Gasteiger partial charge is 0.267 e. The van der Waals surface area contributed by atoms with Crippen molar-refractivity contribution in [3.63, 3.8) is 0 Å². The SMILES string of the molecule is CS(=O)(=O)N(Cc1ccccc1Cl)c1ccc(C(=O)N/N=C/c2cccc(C(F)(F)F)c2)cc1. The molecule has 0 aliphatic carbocycles. The van der Waals surface area contributed by atoms with E-state index < -0.39 is 27.7 Å². The van der Waals surface area contributed by atoms with Gasteiger partial charge in [-0.25, -0.2) is 13.8 Å². The molecule has 0 saturated heterocycles. The van der Waals surface area contributed by atoms with Crippen molar-refractivity contribution < 1.29 is 26.4 Å². The molecule has 1 N–H and O–H groups in total. The molecule has 34 heavy (non-hydrogen) atoms. The Morgan fingerprint density at radius 3 is 2.35 bits per heavy atom. The first-order valence-corrected chi connectivity index (χ1v) is 12.0. The summed E-state index contributed by atoms with van der Waals surface area (Å²) in [5, 5.41) is 4.11. The molecular formula is C23H19ClF3N3O3S. The zero-order valence-corrected chi connectivity index (χ0v) is 19.3. The first-order valence-electron chi connectivity index (χ1n) is 9.77. The number of rotatable bonds is 7. The molecule has 0 fully saturated rings. The van der Waals surface area contributed by atoms with Crippen molar-refractivity contribution in [1.29, 1.82) is 0 Å². The van der Waals surface area contributed by atoms with Crippen LogP contribution in [-0.2, 0) is 22.7 Å². The molecule has 0 atom stereocenters. The number of halogens is 4. The largest absolute Gasteiger partial charge is 0.416 e. The molecule has 0 heterocycles. The Balaban J connectivity index is 1.72. The molecule has 178 valence electrons. The number of nitrogens with zero attached hydrogens (tertiary/aromatic N) is 2. The van der Waals surface area contributed by atoms with Gasteiger partial charge in [-0.1, -0.05) is 41.9 Å². The van der Waals surface area contributed by atoms with Gasteiger partial charge in [-0.15, -0.1) is 0 Å². The van der Waals surface area contributed by atoms with Gasteiger partial charge in [-0.2, -0.15) is 18.3 Å². The van der Waals surface area contributed by atoms with Gasteiger partial charge in [0.25, 0.3) is 5.91 Å². The number of amides is 1. The van der Waals surface area contributed by atoms with E-state index in [1.807, 2.05) is 0 Å². The Labute approximate surface area is 199 Å². The van der Waals surface area contributed by atoms with E-state index in [0.717, 1.165) is 28.9 Å². The van der Waals surface area contributed by atoms with Crippen LogP contribution in [-0.4, -0.2) is 26.8 Å². The normalized spacial score (nSPS) is 12.0. The van der Waals surface area contributed by atoms with E-state index in [9.17, 15) is 26.4 Å². The van der Waals surface area contributed by atoms with Gasteiger partial charge < -0.3 is 0 Å². The third kappa shape index (κ3) is 6.58. The van der Waals surface area contributed by atoms with Crippen molar-refractivity contribution in [2.75, 3.05) is 10.6 Å². The maximum Gasteiger partial charge on any atom is 0.416 e. The second kappa shape index (κ2) is 10.3. The number of hydrogen-bond acceptors (Lipinski definition) is 4. The minimum absolute atomic E-state index is 0.00529. The quantitative estimate of drug-likeness (QED) is 0.356. The second-order valence-corrected chi connectivity index (χ2v) is 9.54. The van der Waals surface area contributed by atoms with E-state index in [2.05, 4.69) is 10.5 Å². The standard InChI is InChI=1S/C23H19ClF3N3O3S/c1-34(32,33)30(15-18-6-2-3-8-21(18)24)20-11-9-17(10-12-20)22(31)29-28-14-16-5-4-7-19(13-16)23(25,26)27/h2-14H,15H2,1H3,(H,29,31)/b28-14+. The molecule has 0 aliphatic heterocycles. The fourth-order valence-corrected chi connectivity index (χ4v) is 4.06. The first-order chi connectivity index (χ1) is 15.9. The van der Waals surface area contributed by atoms with Crippen molar-refractivity contribution in [3.8, 4) is 0 Å². The predicted octanol–water partition coefficient (Wildman–Crippen LogP) is 5.09. The molecular weight excluding hydrogens is 491 g/mol. The highest BCUT2D eigenvalue weighted by atomic mass is 35.5. The van der Waals surface area contributed by atoms with Gasteiger partial charge >= 0.3 is 6.18 Å². The van der Waals surface area contributed by atoms with Crippen molar-refractivity contribution >= 4 is 39.4 Å². The van der Waals surface area contributed by atoms with Gasteiger partial charge in [0, 0.05) is 10.6 Å². The van der Waals surface area contributed by atoms with Crippen molar-refractivity contribution in [2.45, 2.75) is 12.7 Å². The molecule has 0 saturated carbocycles. The highest BCUT2D eigenvalue weighted by Gasteiger charge is 2.30. The number of carbonyl (C=O) groups is 1. The maximum atomic E-state index is 12.8. The Kier molecular flexibility index (Phi) is 7.63. The number of anilines is 1. The van der Waals surface area contributed by atoms with Gasteiger partial charge in [-0.3, -0.25) is 9.10 Å². The summed E-state index contributed by atoms with van der Waals surface area (Å²) in [5.41, 5.74) is 2.68. The summed E-state index contributed by atoms with van der Waals surface area (Å²) in [6.07, 6.45) is -2.33. The van der Waals surface area contributed by atoms with Crippen LogP contribution in [0.2, 0.25) is 5.02 Å². The highest BCUT2D eigenvalue weighted by molar-refractivity contribution is 7.92. The topological polar surface area (TPSA) is 78.8 Å². The Hall–Kier alpha value is -3.37.